The minimum Gasteiger partial charge on any atom is -0.466 e. The monoisotopic (exact) mass is 886 g/mol. The van der Waals surface area contributed by atoms with Gasteiger partial charge in [-0.1, -0.05) is 230 Å². The lowest BCUT2D eigenvalue weighted by Crippen LogP contribution is -2.45. The fourth-order valence-electron chi connectivity index (χ4n) is 8.37. The summed E-state index contributed by atoms with van der Waals surface area (Å²) >= 11 is 0. The van der Waals surface area contributed by atoms with Gasteiger partial charge in [-0.2, -0.15) is 0 Å². The number of esters is 1. The number of ether oxygens (including phenoxy) is 1. The Bertz CT molecular complexity index is 1020. The number of allylic oxidation sites excluding steroid dienone is 6. The van der Waals surface area contributed by atoms with Crippen LogP contribution in [-0.4, -0.2) is 47.4 Å². The van der Waals surface area contributed by atoms with Gasteiger partial charge in [0.05, 0.1) is 25.4 Å². The molecule has 63 heavy (non-hydrogen) atoms. The second kappa shape index (κ2) is 52.7. The second-order valence-corrected chi connectivity index (χ2v) is 18.9. The standard InChI is InChI=1S/C57H107NO5/c1-3-5-7-9-11-13-15-17-19-21-23-24-26-29-33-37-41-45-49-55(60)54(53-59)58-56(61)50-46-42-38-34-30-28-32-36-40-44-48-52-63-57(62)51-47-43-39-35-31-27-25-22-20-18-16-14-12-10-8-6-4-2/h12,14,18,20,32,36,54-55,59-60H,3-11,13,15-17,19,21-31,33-35,37-53H2,1-2H3,(H,58,61)/b14-12-,20-18-,36-32-. The molecule has 6 heteroatoms. The number of carbonyl (C=O) groups is 2. The molecule has 370 valence electrons. The molecule has 6 nitrogen and oxygen atoms in total. The van der Waals surface area contributed by atoms with E-state index in [2.05, 4.69) is 55.6 Å². The summed E-state index contributed by atoms with van der Waals surface area (Å²) in [6.45, 7) is 4.85. The summed E-state index contributed by atoms with van der Waals surface area (Å²) in [4.78, 5) is 24.5. The minimum absolute atomic E-state index is 0.0388. The summed E-state index contributed by atoms with van der Waals surface area (Å²) in [5.74, 6) is -0.102. The van der Waals surface area contributed by atoms with Crippen molar-refractivity contribution in [3.8, 4) is 0 Å². The van der Waals surface area contributed by atoms with Crippen LogP contribution in [-0.2, 0) is 14.3 Å². The van der Waals surface area contributed by atoms with Crippen LogP contribution in [0.4, 0.5) is 0 Å². The highest BCUT2D eigenvalue weighted by atomic mass is 16.5. The minimum atomic E-state index is -0.684. The highest BCUT2D eigenvalue weighted by Crippen LogP contribution is 2.16. The fourth-order valence-corrected chi connectivity index (χ4v) is 8.37. The molecular formula is C57H107NO5. The average molecular weight is 886 g/mol. The maximum atomic E-state index is 12.5. The summed E-state index contributed by atoms with van der Waals surface area (Å²) < 4.78 is 5.44. The van der Waals surface area contributed by atoms with Crippen LogP contribution in [0.2, 0.25) is 0 Å². The van der Waals surface area contributed by atoms with Gasteiger partial charge in [0.25, 0.3) is 0 Å². The molecular weight excluding hydrogens is 779 g/mol. The van der Waals surface area contributed by atoms with E-state index in [9.17, 15) is 19.8 Å². The first-order valence-corrected chi connectivity index (χ1v) is 27.7. The van der Waals surface area contributed by atoms with E-state index in [4.69, 9.17) is 4.74 Å². The first-order chi connectivity index (χ1) is 31.0. The van der Waals surface area contributed by atoms with Crippen molar-refractivity contribution in [2.24, 2.45) is 0 Å². The average Bonchev–Trinajstić information content (AvgIpc) is 3.28. The molecule has 0 aromatic rings. The molecule has 0 heterocycles. The molecule has 0 aromatic heterocycles. The molecule has 0 aromatic carbocycles. The van der Waals surface area contributed by atoms with Crippen LogP contribution in [0.15, 0.2) is 36.5 Å². The first kappa shape index (κ1) is 61.1. The van der Waals surface area contributed by atoms with Gasteiger partial charge in [-0.3, -0.25) is 9.59 Å². The maximum absolute atomic E-state index is 12.5. The van der Waals surface area contributed by atoms with Gasteiger partial charge in [-0.15, -0.1) is 0 Å². The molecule has 0 radical (unpaired) electrons. The molecule has 0 bridgehead atoms. The van der Waals surface area contributed by atoms with Crippen molar-refractivity contribution < 1.29 is 24.5 Å². The highest BCUT2D eigenvalue weighted by Gasteiger charge is 2.20. The summed E-state index contributed by atoms with van der Waals surface area (Å²) in [7, 11) is 0. The van der Waals surface area contributed by atoms with E-state index < -0.39 is 12.1 Å². The number of nitrogens with one attached hydrogen (secondary N) is 1. The molecule has 0 aliphatic carbocycles. The van der Waals surface area contributed by atoms with Gasteiger partial charge in [0, 0.05) is 12.8 Å². The zero-order valence-electron chi connectivity index (χ0n) is 42.1. The van der Waals surface area contributed by atoms with E-state index in [1.807, 2.05) is 0 Å². The summed E-state index contributed by atoms with van der Waals surface area (Å²) in [5.41, 5.74) is 0. The number of unbranched alkanes of at least 4 members (excludes halogenated alkanes) is 34. The summed E-state index contributed by atoms with van der Waals surface area (Å²) in [6.07, 6.45) is 64.1. The molecule has 0 fully saturated rings. The Morgan fingerprint density at radius 1 is 0.444 bits per heavy atom. The van der Waals surface area contributed by atoms with E-state index in [0.717, 1.165) is 89.9 Å². The Morgan fingerprint density at radius 3 is 1.25 bits per heavy atom. The lowest BCUT2D eigenvalue weighted by molar-refractivity contribution is -0.143. The predicted octanol–water partition coefficient (Wildman–Crippen LogP) is 16.9. The van der Waals surface area contributed by atoms with Crippen molar-refractivity contribution >= 4 is 11.9 Å². The molecule has 0 aliphatic heterocycles. The lowest BCUT2D eigenvalue weighted by atomic mass is 10.0. The molecule has 0 spiro atoms. The Hall–Kier alpha value is -1.92. The summed E-state index contributed by atoms with van der Waals surface area (Å²) in [6, 6.07) is -0.564. The molecule has 0 saturated carbocycles. The lowest BCUT2D eigenvalue weighted by Gasteiger charge is -2.22. The molecule has 0 aliphatic rings. The van der Waals surface area contributed by atoms with Crippen molar-refractivity contribution in [3.05, 3.63) is 36.5 Å². The number of aliphatic hydroxyl groups excluding tert-OH is 2. The quantitative estimate of drug-likeness (QED) is 0.0321. The van der Waals surface area contributed by atoms with Gasteiger partial charge in [0.2, 0.25) is 5.91 Å². The zero-order chi connectivity index (χ0) is 45.8. The van der Waals surface area contributed by atoms with Gasteiger partial charge < -0.3 is 20.3 Å². The number of carbonyl (C=O) groups excluding carboxylic acids is 2. The van der Waals surface area contributed by atoms with Crippen LogP contribution in [0.3, 0.4) is 0 Å². The van der Waals surface area contributed by atoms with E-state index in [-0.39, 0.29) is 18.5 Å². The van der Waals surface area contributed by atoms with Gasteiger partial charge in [-0.25, -0.2) is 0 Å². The van der Waals surface area contributed by atoms with E-state index in [1.165, 1.54) is 167 Å². The van der Waals surface area contributed by atoms with Crippen LogP contribution in [0.5, 0.6) is 0 Å². The van der Waals surface area contributed by atoms with E-state index >= 15 is 0 Å². The molecule has 0 saturated heterocycles. The number of rotatable bonds is 51. The molecule has 0 rings (SSSR count). The molecule has 1 amide bonds. The Labute approximate surface area is 392 Å². The first-order valence-electron chi connectivity index (χ1n) is 27.7. The third-order valence-electron chi connectivity index (χ3n) is 12.7. The van der Waals surface area contributed by atoms with Crippen molar-refractivity contribution in [1.29, 1.82) is 0 Å². The third-order valence-corrected chi connectivity index (χ3v) is 12.7. The van der Waals surface area contributed by atoms with Crippen LogP contribution in [0, 0.1) is 0 Å². The van der Waals surface area contributed by atoms with E-state index in [0.29, 0.717) is 25.9 Å². The van der Waals surface area contributed by atoms with Crippen LogP contribution >= 0.6 is 0 Å². The zero-order valence-corrected chi connectivity index (χ0v) is 42.1. The SMILES string of the molecule is CCCCC/C=C\C/C=C\CCCCCCCCCC(=O)OCCCC/C=C\CCCCCCCC(=O)NC(CO)C(O)CCCCCCCCCCCCCCCCCCCC. The Kier molecular flexibility index (Phi) is 51.1. The smallest absolute Gasteiger partial charge is 0.305 e. The Balaban J connectivity index is 3.52. The number of hydrogen-bond donors (Lipinski definition) is 3. The highest BCUT2D eigenvalue weighted by molar-refractivity contribution is 5.76. The van der Waals surface area contributed by atoms with Gasteiger partial charge in [-0.05, 0) is 83.5 Å². The second-order valence-electron chi connectivity index (χ2n) is 18.9. The number of amides is 1. The molecule has 2 atom stereocenters. The van der Waals surface area contributed by atoms with Crippen molar-refractivity contribution in [1.82, 2.24) is 5.32 Å². The largest absolute Gasteiger partial charge is 0.466 e. The van der Waals surface area contributed by atoms with Crippen molar-refractivity contribution in [3.63, 3.8) is 0 Å². The molecule has 3 N–H and O–H groups in total. The van der Waals surface area contributed by atoms with Crippen molar-refractivity contribution in [2.75, 3.05) is 13.2 Å². The van der Waals surface area contributed by atoms with Gasteiger partial charge >= 0.3 is 5.97 Å². The topological polar surface area (TPSA) is 95.9 Å². The van der Waals surface area contributed by atoms with Crippen LogP contribution in [0.25, 0.3) is 0 Å². The third kappa shape index (κ3) is 49.4. The van der Waals surface area contributed by atoms with E-state index in [1.54, 1.807) is 0 Å². The number of hydrogen-bond acceptors (Lipinski definition) is 5. The predicted molar refractivity (Wildman–Crippen MR) is 273 cm³/mol. The number of aliphatic hydroxyl groups is 2. The normalized spacial score (nSPS) is 12.9. The molecule has 2 unspecified atom stereocenters. The fraction of sp³-hybridized carbons (Fsp3) is 0.860. The van der Waals surface area contributed by atoms with Crippen LogP contribution < -0.4 is 5.32 Å². The van der Waals surface area contributed by atoms with Gasteiger partial charge in [0.1, 0.15) is 0 Å². The van der Waals surface area contributed by atoms with Crippen LogP contribution in [0.1, 0.15) is 290 Å². The van der Waals surface area contributed by atoms with Gasteiger partial charge in [0.15, 0.2) is 0 Å². The summed E-state index contributed by atoms with van der Waals surface area (Å²) in [5, 5.41) is 23.3. The van der Waals surface area contributed by atoms with Crippen molar-refractivity contribution in [2.45, 2.75) is 302 Å². The Morgan fingerprint density at radius 2 is 0.794 bits per heavy atom. The maximum Gasteiger partial charge on any atom is 0.305 e.